The van der Waals surface area contributed by atoms with Gasteiger partial charge in [-0.15, -0.1) is 0 Å². The van der Waals surface area contributed by atoms with E-state index in [-0.39, 0.29) is 11.3 Å². The van der Waals surface area contributed by atoms with E-state index in [0.29, 0.717) is 0 Å². The number of ether oxygens (including phenoxy) is 1. The SMILES string of the molecule is C=C1OC(C)(C)N2CC12c1ccc2ccc3cccc4ccc1c2c34. The highest BCUT2D eigenvalue weighted by Crippen LogP contribution is 2.60. The summed E-state index contributed by atoms with van der Waals surface area (Å²) in [6, 6.07) is 20.1. The monoisotopic (exact) mass is 325 g/mol. The number of rotatable bonds is 1. The first-order valence-electron chi connectivity index (χ1n) is 8.85. The van der Waals surface area contributed by atoms with Gasteiger partial charge in [0.25, 0.3) is 0 Å². The lowest BCUT2D eigenvalue weighted by Crippen LogP contribution is -2.29. The maximum absolute atomic E-state index is 6.09. The van der Waals surface area contributed by atoms with Crippen molar-refractivity contribution in [2.45, 2.75) is 25.1 Å². The summed E-state index contributed by atoms with van der Waals surface area (Å²) in [6.45, 7) is 9.51. The van der Waals surface area contributed by atoms with E-state index in [9.17, 15) is 0 Å². The molecule has 4 aromatic carbocycles. The molecule has 2 nitrogen and oxygen atoms in total. The van der Waals surface area contributed by atoms with Crippen molar-refractivity contribution in [2.75, 3.05) is 6.54 Å². The highest BCUT2D eigenvalue weighted by atomic mass is 16.5. The zero-order valence-electron chi connectivity index (χ0n) is 14.5. The quantitative estimate of drug-likeness (QED) is 0.344. The molecule has 0 amide bonds. The van der Waals surface area contributed by atoms with Crippen LogP contribution in [0.25, 0.3) is 32.3 Å². The summed E-state index contributed by atoms with van der Waals surface area (Å²) in [4.78, 5) is 2.41. The summed E-state index contributed by atoms with van der Waals surface area (Å²) in [7, 11) is 0. The van der Waals surface area contributed by atoms with Crippen LogP contribution in [0.1, 0.15) is 19.4 Å². The van der Waals surface area contributed by atoms with Crippen molar-refractivity contribution in [3.63, 3.8) is 0 Å². The average Bonchev–Trinajstić information content (AvgIpc) is 3.33. The first kappa shape index (κ1) is 13.7. The minimum atomic E-state index is -0.277. The molecular weight excluding hydrogens is 306 g/mol. The maximum atomic E-state index is 6.09. The summed E-state index contributed by atoms with van der Waals surface area (Å²) in [5.41, 5.74) is 0.890. The van der Waals surface area contributed by atoms with Crippen molar-refractivity contribution in [2.24, 2.45) is 0 Å². The molecule has 2 aliphatic rings. The molecule has 2 fully saturated rings. The van der Waals surface area contributed by atoms with E-state index in [1.165, 1.54) is 37.9 Å². The van der Waals surface area contributed by atoms with Gasteiger partial charge in [-0.2, -0.15) is 0 Å². The number of hydrogen-bond acceptors (Lipinski definition) is 2. The highest BCUT2D eigenvalue weighted by Gasteiger charge is 2.69. The van der Waals surface area contributed by atoms with Gasteiger partial charge in [0.1, 0.15) is 11.3 Å². The second-order valence-electron chi connectivity index (χ2n) is 7.89. The fourth-order valence-electron chi connectivity index (χ4n) is 5.00. The fourth-order valence-corrected chi connectivity index (χ4v) is 5.00. The van der Waals surface area contributed by atoms with Gasteiger partial charge in [0.05, 0.1) is 0 Å². The van der Waals surface area contributed by atoms with Gasteiger partial charge >= 0.3 is 0 Å². The van der Waals surface area contributed by atoms with E-state index >= 15 is 0 Å². The van der Waals surface area contributed by atoms with Gasteiger partial charge in [-0.1, -0.05) is 61.2 Å². The lowest BCUT2D eigenvalue weighted by atomic mass is 9.87. The molecule has 2 aliphatic heterocycles. The van der Waals surface area contributed by atoms with Crippen molar-refractivity contribution >= 4 is 32.3 Å². The summed E-state index contributed by atoms with van der Waals surface area (Å²) < 4.78 is 6.09. The Morgan fingerprint density at radius 1 is 0.880 bits per heavy atom. The molecule has 122 valence electrons. The van der Waals surface area contributed by atoms with Crippen molar-refractivity contribution < 1.29 is 4.74 Å². The minimum absolute atomic E-state index is 0.161. The number of nitrogens with zero attached hydrogens (tertiary/aromatic N) is 1. The van der Waals surface area contributed by atoms with E-state index in [0.717, 1.165) is 12.3 Å². The zero-order valence-corrected chi connectivity index (χ0v) is 14.5. The van der Waals surface area contributed by atoms with Crippen LogP contribution >= 0.6 is 0 Å². The van der Waals surface area contributed by atoms with Gasteiger partial charge in [0.15, 0.2) is 5.72 Å². The molecule has 2 unspecified atom stereocenters. The lowest BCUT2D eigenvalue weighted by Gasteiger charge is -2.21. The Bertz CT molecular complexity index is 1190. The summed E-state index contributed by atoms with van der Waals surface area (Å²) in [5, 5.41) is 7.97. The van der Waals surface area contributed by atoms with Gasteiger partial charge in [0.2, 0.25) is 0 Å². The summed E-state index contributed by atoms with van der Waals surface area (Å²) in [5.74, 6) is 0.882. The van der Waals surface area contributed by atoms with Crippen molar-refractivity contribution in [1.29, 1.82) is 0 Å². The van der Waals surface area contributed by atoms with Gasteiger partial charge < -0.3 is 4.74 Å². The molecular formula is C23H19NO. The fraction of sp³-hybridized carbons (Fsp3) is 0.217. The molecule has 4 aromatic rings. The van der Waals surface area contributed by atoms with E-state index in [1.807, 2.05) is 0 Å². The maximum Gasteiger partial charge on any atom is 0.158 e. The van der Waals surface area contributed by atoms with E-state index in [2.05, 4.69) is 79.9 Å². The normalized spacial score (nSPS) is 27.1. The molecule has 0 bridgehead atoms. The molecule has 0 aromatic heterocycles. The van der Waals surface area contributed by atoms with Crippen molar-refractivity contribution in [3.05, 3.63) is 72.5 Å². The molecule has 25 heavy (non-hydrogen) atoms. The largest absolute Gasteiger partial charge is 0.476 e. The van der Waals surface area contributed by atoms with Gasteiger partial charge in [-0.25, -0.2) is 4.90 Å². The number of fused-ring (bicyclic) bond motifs is 1. The first-order valence-corrected chi connectivity index (χ1v) is 8.85. The standard InChI is InChI=1S/C23H19NO/c1-14-23(13-24(23)22(2,3)25-14)19-12-10-17-8-7-15-5-4-6-16-9-11-18(19)21(17)20(15)16/h4-12H,1,13H2,2-3H3. The Morgan fingerprint density at radius 2 is 1.52 bits per heavy atom. The molecule has 0 N–H and O–H groups in total. The lowest BCUT2D eigenvalue weighted by molar-refractivity contribution is -0.00340. The second kappa shape index (κ2) is 3.97. The predicted octanol–water partition coefficient (Wildman–Crippen LogP) is 5.37. The minimum Gasteiger partial charge on any atom is -0.476 e. The summed E-state index contributed by atoms with van der Waals surface area (Å²) >= 11 is 0. The molecule has 0 spiro atoms. The predicted molar refractivity (Wildman–Crippen MR) is 103 cm³/mol. The molecule has 2 saturated heterocycles. The van der Waals surface area contributed by atoms with Crippen LogP contribution in [0.2, 0.25) is 0 Å². The van der Waals surface area contributed by atoms with Gasteiger partial charge in [-0.3, -0.25) is 0 Å². The molecule has 2 heterocycles. The Morgan fingerprint density at radius 3 is 2.16 bits per heavy atom. The van der Waals surface area contributed by atoms with Crippen LogP contribution in [-0.4, -0.2) is 17.2 Å². The zero-order chi connectivity index (χ0) is 17.0. The third-order valence-electron chi connectivity index (χ3n) is 6.20. The van der Waals surface area contributed by atoms with Crippen LogP contribution in [0, 0.1) is 0 Å². The molecule has 0 aliphatic carbocycles. The van der Waals surface area contributed by atoms with E-state index < -0.39 is 0 Å². The van der Waals surface area contributed by atoms with Crippen LogP contribution in [0.3, 0.4) is 0 Å². The summed E-state index contributed by atoms with van der Waals surface area (Å²) in [6.07, 6.45) is 0. The smallest absolute Gasteiger partial charge is 0.158 e. The average molecular weight is 325 g/mol. The van der Waals surface area contributed by atoms with Crippen LogP contribution in [0.15, 0.2) is 66.9 Å². The Labute approximate surface area is 146 Å². The highest BCUT2D eigenvalue weighted by molar-refractivity contribution is 6.23. The molecule has 0 saturated carbocycles. The Kier molecular flexibility index (Phi) is 2.17. The molecule has 2 heteroatoms. The Hall–Kier alpha value is -2.58. The van der Waals surface area contributed by atoms with Crippen LogP contribution in [-0.2, 0) is 10.3 Å². The number of benzene rings is 4. The number of hydrogen-bond donors (Lipinski definition) is 0. The third-order valence-corrected chi connectivity index (χ3v) is 6.20. The Balaban J connectivity index is 1.75. The third kappa shape index (κ3) is 1.46. The van der Waals surface area contributed by atoms with Crippen LogP contribution < -0.4 is 0 Å². The van der Waals surface area contributed by atoms with Gasteiger partial charge in [-0.05, 0) is 51.7 Å². The molecule has 6 rings (SSSR count). The topological polar surface area (TPSA) is 12.2 Å². The second-order valence-corrected chi connectivity index (χ2v) is 7.89. The van der Waals surface area contributed by atoms with Crippen molar-refractivity contribution in [3.8, 4) is 0 Å². The molecule has 2 atom stereocenters. The van der Waals surface area contributed by atoms with E-state index in [4.69, 9.17) is 4.74 Å². The first-order chi connectivity index (χ1) is 12.0. The van der Waals surface area contributed by atoms with Crippen molar-refractivity contribution in [1.82, 2.24) is 4.90 Å². The van der Waals surface area contributed by atoms with E-state index in [1.54, 1.807) is 0 Å². The van der Waals surface area contributed by atoms with Gasteiger partial charge in [0, 0.05) is 6.54 Å². The van der Waals surface area contributed by atoms with Crippen LogP contribution in [0.4, 0.5) is 0 Å². The molecule has 0 radical (unpaired) electrons. The van der Waals surface area contributed by atoms with Crippen LogP contribution in [0.5, 0.6) is 0 Å².